The highest BCUT2D eigenvalue weighted by atomic mass is 16.2. The maximum Gasteiger partial charge on any atom is 0.318 e. The lowest BCUT2D eigenvalue weighted by molar-refractivity contribution is -0.120. The Balaban J connectivity index is 2.32. The van der Waals surface area contributed by atoms with E-state index in [1.165, 1.54) is 0 Å². The number of carbonyl (C=O) groups is 3. The molecule has 2 rings (SSSR count). The zero-order valence-corrected chi connectivity index (χ0v) is 11.3. The Morgan fingerprint density at radius 2 is 2.05 bits per heavy atom. The number of nitrogens with one attached hydrogen (secondary N) is 1. The summed E-state index contributed by atoms with van der Waals surface area (Å²) in [6.07, 6.45) is 1.12. The van der Waals surface area contributed by atoms with Gasteiger partial charge in [-0.1, -0.05) is 12.1 Å². The van der Waals surface area contributed by atoms with Crippen molar-refractivity contribution in [2.24, 2.45) is 5.73 Å². The average Bonchev–Trinajstić information content (AvgIpc) is 2.57. The number of hydrogen-bond acceptors (Lipinski definition) is 4. The van der Waals surface area contributed by atoms with Crippen LogP contribution in [0.2, 0.25) is 0 Å². The van der Waals surface area contributed by atoms with Crippen LogP contribution in [0.3, 0.4) is 0 Å². The number of nitrogens with two attached hydrogens (primary N) is 1. The molecule has 0 spiro atoms. The van der Waals surface area contributed by atoms with Crippen molar-refractivity contribution in [3.05, 3.63) is 29.8 Å². The number of Topliss-reactive ketones (excluding diaryl/α,β-unsaturated/α-hetero) is 1. The van der Waals surface area contributed by atoms with Crippen LogP contribution in [0, 0.1) is 0 Å². The number of hydrogen-bond donors (Lipinski definition) is 2. The summed E-state index contributed by atoms with van der Waals surface area (Å²) in [7, 11) is 0. The molecular weight excluding hydrogens is 258 g/mol. The molecule has 1 aliphatic rings. The van der Waals surface area contributed by atoms with Gasteiger partial charge in [0.05, 0.1) is 0 Å². The van der Waals surface area contributed by atoms with E-state index in [1.54, 1.807) is 19.1 Å². The van der Waals surface area contributed by atoms with Crippen molar-refractivity contribution in [2.45, 2.75) is 25.8 Å². The van der Waals surface area contributed by atoms with Gasteiger partial charge in [-0.2, -0.15) is 0 Å². The summed E-state index contributed by atoms with van der Waals surface area (Å²) in [6, 6.07) is 5.74. The molecule has 3 amide bonds. The molecule has 1 atom stereocenters. The summed E-state index contributed by atoms with van der Waals surface area (Å²) in [5.74, 6) is -0.396. The standard InChI is InChI=1S/C14H17N3O3/c1-9(13(19)16-14(15)20)17-8-4-7-12(18)10-5-2-3-6-11(10)17/h2-3,5-6,9H,4,7-8H2,1H3,(H3,15,16,19,20). The first-order valence-corrected chi connectivity index (χ1v) is 6.50. The number of rotatable bonds is 2. The van der Waals surface area contributed by atoms with Crippen LogP contribution in [0.5, 0.6) is 0 Å². The number of urea groups is 1. The smallest absolute Gasteiger partial charge is 0.318 e. The fourth-order valence-corrected chi connectivity index (χ4v) is 2.39. The third-order valence-electron chi connectivity index (χ3n) is 3.41. The molecule has 0 aromatic heterocycles. The number of nitrogens with zero attached hydrogens (tertiary/aromatic N) is 1. The molecule has 106 valence electrons. The van der Waals surface area contributed by atoms with E-state index in [9.17, 15) is 14.4 Å². The van der Waals surface area contributed by atoms with Crippen LogP contribution in [0.1, 0.15) is 30.1 Å². The zero-order chi connectivity index (χ0) is 14.7. The molecule has 0 fully saturated rings. The van der Waals surface area contributed by atoms with Crippen molar-refractivity contribution in [3.63, 3.8) is 0 Å². The van der Waals surface area contributed by atoms with Crippen LogP contribution < -0.4 is 16.0 Å². The summed E-state index contributed by atoms with van der Waals surface area (Å²) in [5, 5.41) is 2.08. The molecule has 0 aliphatic carbocycles. The molecular formula is C14H17N3O3. The minimum Gasteiger partial charge on any atom is -0.359 e. The first kappa shape index (κ1) is 14.0. The molecule has 6 heteroatoms. The fraction of sp³-hybridized carbons (Fsp3) is 0.357. The number of carbonyl (C=O) groups excluding carboxylic acids is 3. The number of primary amides is 1. The first-order chi connectivity index (χ1) is 9.50. The van der Waals surface area contributed by atoms with E-state index < -0.39 is 18.0 Å². The van der Waals surface area contributed by atoms with Crippen molar-refractivity contribution < 1.29 is 14.4 Å². The predicted molar refractivity (Wildman–Crippen MR) is 74.5 cm³/mol. The minimum absolute atomic E-state index is 0.0746. The summed E-state index contributed by atoms with van der Waals surface area (Å²) in [6.45, 7) is 2.26. The molecule has 3 N–H and O–H groups in total. The van der Waals surface area contributed by atoms with Gasteiger partial charge in [0.1, 0.15) is 6.04 Å². The van der Waals surface area contributed by atoms with Gasteiger partial charge in [0.2, 0.25) is 5.91 Å². The molecule has 0 saturated heterocycles. The lowest BCUT2D eigenvalue weighted by Gasteiger charge is -2.29. The topological polar surface area (TPSA) is 92.5 Å². The van der Waals surface area contributed by atoms with E-state index in [4.69, 9.17) is 5.73 Å². The van der Waals surface area contributed by atoms with E-state index in [0.29, 0.717) is 24.9 Å². The third-order valence-corrected chi connectivity index (χ3v) is 3.41. The quantitative estimate of drug-likeness (QED) is 0.843. The number of benzene rings is 1. The van der Waals surface area contributed by atoms with Crippen LogP contribution in [0.4, 0.5) is 10.5 Å². The minimum atomic E-state index is -0.874. The van der Waals surface area contributed by atoms with Crippen LogP contribution in [-0.4, -0.2) is 30.3 Å². The van der Waals surface area contributed by atoms with Crippen LogP contribution in [-0.2, 0) is 4.79 Å². The normalized spacial score (nSPS) is 16.1. The van der Waals surface area contributed by atoms with Crippen LogP contribution in [0.25, 0.3) is 0 Å². The van der Waals surface area contributed by atoms with Gasteiger partial charge in [0, 0.05) is 24.2 Å². The van der Waals surface area contributed by atoms with Crippen molar-refractivity contribution in [1.82, 2.24) is 5.32 Å². The summed E-state index contributed by atoms with van der Waals surface area (Å²) >= 11 is 0. The van der Waals surface area contributed by atoms with E-state index in [2.05, 4.69) is 5.32 Å². The molecule has 20 heavy (non-hydrogen) atoms. The van der Waals surface area contributed by atoms with Gasteiger partial charge in [-0.25, -0.2) is 4.79 Å². The lowest BCUT2D eigenvalue weighted by Crippen LogP contribution is -2.49. The molecule has 6 nitrogen and oxygen atoms in total. The van der Waals surface area contributed by atoms with Gasteiger partial charge in [-0.3, -0.25) is 14.9 Å². The number of anilines is 1. The Morgan fingerprint density at radius 3 is 2.75 bits per heavy atom. The van der Waals surface area contributed by atoms with Crippen molar-refractivity contribution in [1.29, 1.82) is 0 Å². The highest BCUT2D eigenvalue weighted by Crippen LogP contribution is 2.27. The largest absolute Gasteiger partial charge is 0.359 e. The fourth-order valence-electron chi connectivity index (χ4n) is 2.39. The number of imide groups is 1. The Hall–Kier alpha value is -2.37. The first-order valence-electron chi connectivity index (χ1n) is 6.50. The van der Waals surface area contributed by atoms with Gasteiger partial charge in [0.15, 0.2) is 5.78 Å². The van der Waals surface area contributed by atoms with Crippen LogP contribution in [0.15, 0.2) is 24.3 Å². The second-order valence-corrected chi connectivity index (χ2v) is 4.77. The molecule has 1 aromatic rings. The lowest BCUT2D eigenvalue weighted by atomic mass is 10.1. The van der Waals surface area contributed by atoms with E-state index >= 15 is 0 Å². The van der Waals surface area contributed by atoms with Crippen molar-refractivity contribution in [3.8, 4) is 0 Å². The average molecular weight is 275 g/mol. The molecule has 0 saturated carbocycles. The molecule has 0 bridgehead atoms. The number of amides is 3. The van der Waals surface area contributed by atoms with Crippen LogP contribution >= 0.6 is 0 Å². The second kappa shape index (κ2) is 5.73. The van der Waals surface area contributed by atoms with Gasteiger partial charge in [-0.05, 0) is 25.5 Å². The monoisotopic (exact) mass is 275 g/mol. The molecule has 1 aliphatic heterocycles. The van der Waals surface area contributed by atoms with E-state index in [1.807, 2.05) is 17.0 Å². The van der Waals surface area contributed by atoms with E-state index in [-0.39, 0.29) is 5.78 Å². The van der Waals surface area contributed by atoms with Gasteiger partial charge in [0.25, 0.3) is 0 Å². The molecule has 1 aromatic carbocycles. The summed E-state index contributed by atoms with van der Waals surface area (Å²) in [5.41, 5.74) is 6.30. The Morgan fingerprint density at radius 1 is 1.35 bits per heavy atom. The Kier molecular flexibility index (Phi) is 4.02. The second-order valence-electron chi connectivity index (χ2n) is 4.77. The van der Waals surface area contributed by atoms with E-state index in [0.717, 1.165) is 5.69 Å². The van der Waals surface area contributed by atoms with Crippen molar-refractivity contribution >= 4 is 23.4 Å². The van der Waals surface area contributed by atoms with Gasteiger partial charge < -0.3 is 10.6 Å². The third kappa shape index (κ3) is 2.79. The summed E-state index contributed by atoms with van der Waals surface area (Å²) < 4.78 is 0. The zero-order valence-electron chi connectivity index (χ0n) is 11.3. The Bertz CT molecular complexity index is 556. The SMILES string of the molecule is CC(C(=O)NC(N)=O)N1CCCC(=O)c2ccccc21. The van der Waals surface area contributed by atoms with Gasteiger partial charge in [-0.15, -0.1) is 0 Å². The maximum absolute atomic E-state index is 12.0. The number of ketones is 1. The highest BCUT2D eigenvalue weighted by Gasteiger charge is 2.27. The highest BCUT2D eigenvalue weighted by molar-refractivity contribution is 6.03. The maximum atomic E-state index is 12.0. The van der Waals surface area contributed by atoms with Gasteiger partial charge >= 0.3 is 6.03 Å². The summed E-state index contributed by atoms with van der Waals surface area (Å²) in [4.78, 5) is 36.5. The van der Waals surface area contributed by atoms with Crippen molar-refractivity contribution in [2.75, 3.05) is 11.4 Å². The number of para-hydroxylation sites is 1. The molecule has 0 radical (unpaired) electrons. The molecule has 1 unspecified atom stereocenters. The molecule has 1 heterocycles. The Labute approximate surface area is 116 Å². The number of fused-ring (bicyclic) bond motifs is 1. The predicted octanol–water partition coefficient (Wildman–Crippen LogP) is 1.05.